The van der Waals surface area contributed by atoms with Crippen molar-refractivity contribution in [2.45, 2.75) is 45.1 Å². The third-order valence-corrected chi connectivity index (χ3v) is 4.17. The Labute approximate surface area is 119 Å². The number of pyridine rings is 1. The smallest absolute Gasteiger partial charge is 0.253 e. The fourth-order valence-electron chi connectivity index (χ4n) is 2.97. The molecule has 0 radical (unpaired) electrons. The van der Waals surface area contributed by atoms with Gasteiger partial charge in [-0.3, -0.25) is 9.59 Å². The zero-order valence-corrected chi connectivity index (χ0v) is 11.9. The van der Waals surface area contributed by atoms with Gasteiger partial charge in [-0.25, -0.2) is 0 Å². The molecule has 1 atom stereocenters. The molecular formula is C15H23N3O2. The molecule has 0 bridgehead atoms. The molecule has 0 spiro atoms. The maximum atomic E-state index is 12.3. The number of H-pyrrole nitrogens is 1. The number of aromatic amines is 1. The number of nitrogens with two attached hydrogens (primary N) is 1. The van der Waals surface area contributed by atoms with Gasteiger partial charge in [-0.15, -0.1) is 0 Å². The molecule has 5 heteroatoms. The number of hydrogen-bond donors (Lipinski definition) is 3. The molecule has 1 aromatic heterocycles. The highest BCUT2D eigenvalue weighted by Gasteiger charge is 2.24. The third kappa shape index (κ3) is 3.48. The number of nitrogens with one attached hydrogen (secondary N) is 2. The molecule has 1 aromatic rings. The van der Waals surface area contributed by atoms with Gasteiger partial charge in [0.25, 0.3) is 5.91 Å². The lowest BCUT2D eigenvalue weighted by Crippen LogP contribution is -2.46. The zero-order valence-electron chi connectivity index (χ0n) is 11.9. The summed E-state index contributed by atoms with van der Waals surface area (Å²) >= 11 is 0. The highest BCUT2D eigenvalue weighted by molar-refractivity contribution is 5.95. The van der Waals surface area contributed by atoms with Gasteiger partial charge in [0, 0.05) is 24.8 Å². The molecule has 1 fully saturated rings. The Morgan fingerprint density at radius 2 is 2.15 bits per heavy atom. The van der Waals surface area contributed by atoms with E-state index in [2.05, 4.69) is 10.3 Å². The maximum absolute atomic E-state index is 12.3. The second-order valence-corrected chi connectivity index (χ2v) is 5.61. The summed E-state index contributed by atoms with van der Waals surface area (Å²) in [6, 6.07) is 1.46. The Hall–Kier alpha value is -1.62. The molecule has 0 aliphatic heterocycles. The van der Waals surface area contributed by atoms with Crippen LogP contribution in [-0.2, 0) is 0 Å². The van der Waals surface area contributed by atoms with Crippen LogP contribution < -0.4 is 16.6 Å². The molecular weight excluding hydrogens is 254 g/mol. The van der Waals surface area contributed by atoms with Crippen LogP contribution in [0.4, 0.5) is 0 Å². The molecule has 5 nitrogen and oxygen atoms in total. The summed E-state index contributed by atoms with van der Waals surface area (Å²) in [7, 11) is 0. The number of aromatic nitrogens is 1. The van der Waals surface area contributed by atoms with E-state index < -0.39 is 0 Å². The SMILES string of the molecule is Cc1cc(=O)[nH]cc1C(=O)NC(CN)C1CCCCC1. The van der Waals surface area contributed by atoms with Crippen molar-refractivity contribution < 1.29 is 4.79 Å². The Morgan fingerprint density at radius 1 is 1.45 bits per heavy atom. The highest BCUT2D eigenvalue weighted by atomic mass is 16.2. The van der Waals surface area contributed by atoms with Gasteiger partial charge in [-0.2, -0.15) is 0 Å². The Balaban J connectivity index is 2.06. The number of aryl methyl sites for hydroxylation is 1. The zero-order chi connectivity index (χ0) is 14.5. The topological polar surface area (TPSA) is 88.0 Å². The summed E-state index contributed by atoms with van der Waals surface area (Å²) in [5, 5.41) is 3.03. The van der Waals surface area contributed by atoms with Crippen molar-refractivity contribution in [2.24, 2.45) is 11.7 Å². The van der Waals surface area contributed by atoms with E-state index in [1.54, 1.807) is 6.92 Å². The number of carbonyl (C=O) groups is 1. The van der Waals surface area contributed by atoms with Crippen LogP contribution >= 0.6 is 0 Å². The van der Waals surface area contributed by atoms with Crippen LogP contribution in [0.1, 0.15) is 48.0 Å². The van der Waals surface area contributed by atoms with E-state index in [1.807, 2.05) is 0 Å². The van der Waals surface area contributed by atoms with E-state index in [1.165, 1.54) is 31.5 Å². The van der Waals surface area contributed by atoms with Gasteiger partial charge in [-0.05, 0) is 31.2 Å². The summed E-state index contributed by atoms with van der Waals surface area (Å²) in [4.78, 5) is 26.0. The van der Waals surface area contributed by atoms with E-state index in [0.29, 0.717) is 23.6 Å². The van der Waals surface area contributed by atoms with Crippen molar-refractivity contribution in [3.63, 3.8) is 0 Å². The minimum absolute atomic E-state index is 0.0223. The maximum Gasteiger partial charge on any atom is 0.253 e. The van der Waals surface area contributed by atoms with Gasteiger partial charge < -0.3 is 16.0 Å². The van der Waals surface area contributed by atoms with Gasteiger partial charge >= 0.3 is 0 Å². The summed E-state index contributed by atoms with van der Waals surface area (Å²) < 4.78 is 0. The van der Waals surface area contributed by atoms with Crippen molar-refractivity contribution in [3.05, 3.63) is 33.7 Å². The van der Waals surface area contributed by atoms with Crippen LogP contribution in [0.5, 0.6) is 0 Å². The number of hydrogen-bond acceptors (Lipinski definition) is 3. The van der Waals surface area contributed by atoms with Crippen molar-refractivity contribution >= 4 is 5.91 Å². The van der Waals surface area contributed by atoms with Crippen LogP contribution in [0, 0.1) is 12.8 Å². The molecule has 2 rings (SSSR count). The molecule has 4 N–H and O–H groups in total. The van der Waals surface area contributed by atoms with Gasteiger partial charge in [0.2, 0.25) is 5.56 Å². The van der Waals surface area contributed by atoms with Crippen molar-refractivity contribution in [1.29, 1.82) is 0 Å². The summed E-state index contributed by atoms with van der Waals surface area (Å²) in [6.45, 7) is 2.22. The molecule has 1 amide bonds. The second-order valence-electron chi connectivity index (χ2n) is 5.61. The standard InChI is InChI=1S/C15H23N3O2/c1-10-7-14(19)17-9-12(10)15(20)18-13(8-16)11-5-3-2-4-6-11/h7,9,11,13H,2-6,8,16H2,1H3,(H,17,19)(H,18,20). The van der Waals surface area contributed by atoms with E-state index in [0.717, 1.165) is 12.8 Å². The average molecular weight is 277 g/mol. The lowest BCUT2D eigenvalue weighted by molar-refractivity contribution is 0.0914. The molecule has 0 saturated heterocycles. The van der Waals surface area contributed by atoms with Crippen LogP contribution in [0.15, 0.2) is 17.1 Å². The quantitative estimate of drug-likeness (QED) is 0.775. The summed E-state index contributed by atoms with van der Waals surface area (Å²) in [5.41, 5.74) is 6.83. The Bertz CT molecular complexity index is 518. The number of carbonyl (C=O) groups excluding carboxylic acids is 1. The predicted molar refractivity (Wildman–Crippen MR) is 78.7 cm³/mol. The number of rotatable bonds is 4. The molecule has 1 aliphatic rings. The first-order valence-electron chi connectivity index (χ1n) is 7.32. The van der Waals surface area contributed by atoms with E-state index in [9.17, 15) is 9.59 Å². The third-order valence-electron chi connectivity index (χ3n) is 4.17. The Morgan fingerprint density at radius 3 is 2.75 bits per heavy atom. The molecule has 1 aliphatic carbocycles. The van der Waals surface area contributed by atoms with Crippen molar-refractivity contribution in [3.8, 4) is 0 Å². The van der Waals surface area contributed by atoms with Gasteiger partial charge in [0.05, 0.1) is 5.56 Å². The fraction of sp³-hybridized carbons (Fsp3) is 0.600. The largest absolute Gasteiger partial charge is 0.348 e. The van der Waals surface area contributed by atoms with Gasteiger partial charge in [0.15, 0.2) is 0 Å². The average Bonchev–Trinajstić information content (AvgIpc) is 2.45. The molecule has 20 heavy (non-hydrogen) atoms. The van der Waals surface area contributed by atoms with Crippen LogP contribution in [0.2, 0.25) is 0 Å². The van der Waals surface area contributed by atoms with Gasteiger partial charge in [0.1, 0.15) is 0 Å². The normalized spacial score (nSPS) is 17.7. The highest BCUT2D eigenvalue weighted by Crippen LogP contribution is 2.26. The first-order valence-corrected chi connectivity index (χ1v) is 7.32. The minimum atomic E-state index is -0.193. The van der Waals surface area contributed by atoms with E-state index >= 15 is 0 Å². The molecule has 1 unspecified atom stereocenters. The fourth-order valence-corrected chi connectivity index (χ4v) is 2.97. The first kappa shape index (κ1) is 14.8. The lowest BCUT2D eigenvalue weighted by atomic mass is 9.84. The van der Waals surface area contributed by atoms with Crippen LogP contribution in [-0.4, -0.2) is 23.5 Å². The van der Waals surface area contributed by atoms with Gasteiger partial charge in [-0.1, -0.05) is 19.3 Å². The second kappa shape index (κ2) is 6.70. The molecule has 1 saturated carbocycles. The monoisotopic (exact) mass is 277 g/mol. The van der Waals surface area contributed by atoms with E-state index in [-0.39, 0.29) is 17.5 Å². The summed E-state index contributed by atoms with van der Waals surface area (Å²) in [6.07, 6.45) is 7.45. The Kier molecular flexibility index (Phi) is 4.95. The molecule has 1 heterocycles. The molecule has 110 valence electrons. The van der Waals surface area contributed by atoms with E-state index in [4.69, 9.17) is 5.73 Å². The first-order chi connectivity index (χ1) is 9.61. The van der Waals surface area contributed by atoms with Crippen LogP contribution in [0.25, 0.3) is 0 Å². The van der Waals surface area contributed by atoms with Crippen molar-refractivity contribution in [2.75, 3.05) is 6.54 Å². The summed E-state index contributed by atoms with van der Waals surface area (Å²) in [5.74, 6) is 0.320. The lowest BCUT2D eigenvalue weighted by Gasteiger charge is -2.30. The van der Waals surface area contributed by atoms with Crippen LogP contribution in [0.3, 0.4) is 0 Å². The number of amides is 1. The predicted octanol–water partition coefficient (Wildman–Crippen LogP) is 1.32. The molecule has 0 aromatic carbocycles. The minimum Gasteiger partial charge on any atom is -0.348 e. The van der Waals surface area contributed by atoms with Crippen molar-refractivity contribution in [1.82, 2.24) is 10.3 Å².